The molecule has 1 aromatic carbocycles. The smallest absolute Gasteiger partial charge is 0.257 e. The number of nitrogens with zero attached hydrogens (tertiary/aromatic N) is 2. The number of carbonyl (C=O) groups is 1. The van der Waals surface area contributed by atoms with Crippen molar-refractivity contribution in [3.63, 3.8) is 0 Å². The van der Waals surface area contributed by atoms with Crippen molar-refractivity contribution in [3.8, 4) is 6.19 Å². The van der Waals surface area contributed by atoms with Gasteiger partial charge in [0.2, 0.25) is 12.2 Å². The molecule has 1 rings (SSSR count). The summed E-state index contributed by atoms with van der Waals surface area (Å²) < 4.78 is 0. The molecule has 6 heteroatoms. The predicted molar refractivity (Wildman–Crippen MR) is 61.3 cm³/mol. The second kappa shape index (κ2) is 7.96. The van der Waals surface area contributed by atoms with E-state index in [0.29, 0.717) is 5.56 Å². The molecule has 0 radical (unpaired) electrons. The Hall–Kier alpha value is -2.39. The third-order valence-electron chi connectivity index (χ3n) is 1.45. The summed E-state index contributed by atoms with van der Waals surface area (Å²) in [6, 6.07) is 8.52. The number of hydrogen-bond donors (Lipinski definition) is 3. The van der Waals surface area contributed by atoms with E-state index in [9.17, 15) is 4.79 Å². The second-order valence-corrected chi connectivity index (χ2v) is 2.42. The van der Waals surface area contributed by atoms with Crippen LogP contribution in [0, 0.1) is 11.5 Å². The van der Waals surface area contributed by atoms with Gasteiger partial charge in [0.05, 0.1) is 0 Å². The van der Waals surface area contributed by atoms with E-state index < -0.39 is 0 Å². The quantitative estimate of drug-likeness (QED) is 0.344. The van der Waals surface area contributed by atoms with Crippen molar-refractivity contribution >= 4 is 11.9 Å². The number of nitrogens with two attached hydrogens (primary N) is 2. The zero-order chi connectivity index (χ0) is 12.4. The maximum absolute atomic E-state index is 11.3. The van der Waals surface area contributed by atoms with Crippen LogP contribution in [0.15, 0.2) is 35.3 Å². The van der Waals surface area contributed by atoms with Crippen LogP contribution in [-0.4, -0.2) is 18.9 Å². The summed E-state index contributed by atoms with van der Waals surface area (Å²) in [7, 11) is 1.50. The van der Waals surface area contributed by atoms with Crippen LogP contribution in [0.1, 0.15) is 10.4 Å². The standard InChI is InChI=1S/C9H8N4O.CH5N/c10-6-12-9(11)13-8(14)7-4-2-1-3-5-7;1-2/h1-5H,(H3,11,12,13,14);2H2,1H3. The van der Waals surface area contributed by atoms with Crippen LogP contribution < -0.4 is 16.8 Å². The number of nitrogens with one attached hydrogen (secondary N) is 1. The molecule has 0 aromatic heterocycles. The molecule has 0 atom stereocenters. The lowest BCUT2D eigenvalue weighted by atomic mass is 10.2. The van der Waals surface area contributed by atoms with Crippen LogP contribution in [0.2, 0.25) is 0 Å². The molecule has 84 valence electrons. The summed E-state index contributed by atoms with van der Waals surface area (Å²) in [6.45, 7) is 0. The number of benzene rings is 1. The Kier molecular flexibility index (Phi) is 6.77. The van der Waals surface area contributed by atoms with Gasteiger partial charge in [-0.2, -0.15) is 5.26 Å². The van der Waals surface area contributed by atoms with Gasteiger partial charge >= 0.3 is 0 Å². The van der Waals surface area contributed by atoms with E-state index in [4.69, 9.17) is 11.0 Å². The van der Waals surface area contributed by atoms with Crippen LogP contribution in [0.25, 0.3) is 0 Å². The Balaban J connectivity index is 0.00000106. The van der Waals surface area contributed by atoms with Crippen molar-refractivity contribution in [2.24, 2.45) is 16.5 Å². The summed E-state index contributed by atoms with van der Waals surface area (Å²) in [5, 5.41) is 10.4. The molecule has 0 saturated carbocycles. The van der Waals surface area contributed by atoms with E-state index in [-0.39, 0.29) is 11.9 Å². The topological polar surface area (TPSA) is 117 Å². The van der Waals surface area contributed by atoms with E-state index in [2.05, 4.69) is 16.0 Å². The highest BCUT2D eigenvalue weighted by molar-refractivity contribution is 6.05. The molecule has 0 aliphatic carbocycles. The number of rotatable bonds is 1. The van der Waals surface area contributed by atoms with Gasteiger partial charge in [-0.25, -0.2) is 0 Å². The van der Waals surface area contributed by atoms with Crippen LogP contribution >= 0.6 is 0 Å². The molecule has 0 saturated heterocycles. The number of hydrogen-bond acceptors (Lipinski definition) is 4. The minimum Gasteiger partial charge on any atom is -0.369 e. The van der Waals surface area contributed by atoms with Gasteiger partial charge in [-0.15, -0.1) is 4.99 Å². The van der Waals surface area contributed by atoms with E-state index in [0.717, 1.165) is 0 Å². The molecule has 1 amide bonds. The van der Waals surface area contributed by atoms with Gasteiger partial charge in [-0.05, 0) is 19.2 Å². The summed E-state index contributed by atoms with van der Waals surface area (Å²) in [5.74, 6) is -0.594. The zero-order valence-electron chi connectivity index (χ0n) is 8.84. The monoisotopic (exact) mass is 219 g/mol. The average molecular weight is 219 g/mol. The van der Waals surface area contributed by atoms with Gasteiger partial charge < -0.3 is 11.5 Å². The molecular weight excluding hydrogens is 206 g/mol. The van der Waals surface area contributed by atoms with Crippen molar-refractivity contribution in [2.75, 3.05) is 7.05 Å². The first-order valence-electron chi connectivity index (χ1n) is 4.40. The molecular formula is C10H13N5O. The lowest BCUT2D eigenvalue weighted by Crippen LogP contribution is -2.36. The molecule has 0 fully saturated rings. The largest absolute Gasteiger partial charge is 0.369 e. The first kappa shape index (κ1) is 13.6. The van der Waals surface area contributed by atoms with Crippen molar-refractivity contribution < 1.29 is 4.79 Å². The Morgan fingerprint density at radius 2 is 1.94 bits per heavy atom. The molecule has 0 unspecified atom stereocenters. The average Bonchev–Trinajstić information content (AvgIpc) is 2.33. The molecule has 0 bridgehead atoms. The second-order valence-electron chi connectivity index (χ2n) is 2.42. The third-order valence-corrected chi connectivity index (χ3v) is 1.45. The summed E-state index contributed by atoms with van der Waals surface area (Å²) in [5.41, 5.74) is 10.2. The highest BCUT2D eigenvalue weighted by atomic mass is 16.1. The molecule has 0 spiro atoms. The lowest BCUT2D eigenvalue weighted by molar-refractivity contribution is 0.0976. The van der Waals surface area contributed by atoms with Crippen LogP contribution in [0.4, 0.5) is 0 Å². The fraction of sp³-hybridized carbons (Fsp3) is 0.100. The van der Waals surface area contributed by atoms with Crippen LogP contribution in [0.3, 0.4) is 0 Å². The minimum atomic E-state index is -0.387. The molecule has 5 N–H and O–H groups in total. The van der Waals surface area contributed by atoms with Crippen molar-refractivity contribution in [1.29, 1.82) is 5.26 Å². The number of carbonyl (C=O) groups excluding carboxylic acids is 1. The Morgan fingerprint density at radius 3 is 2.44 bits per heavy atom. The molecule has 6 nitrogen and oxygen atoms in total. The Labute approximate surface area is 93.6 Å². The SMILES string of the molecule is CN.N#CN=C(N)NC(=O)c1ccccc1. The maximum Gasteiger partial charge on any atom is 0.257 e. The number of aliphatic imine (C=N–C) groups is 1. The van der Waals surface area contributed by atoms with E-state index >= 15 is 0 Å². The Morgan fingerprint density at radius 1 is 1.38 bits per heavy atom. The molecule has 0 heterocycles. The van der Waals surface area contributed by atoms with Gasteiger partial charge in [-0.3, -0.25) is 10.1 Å². The first-order chi connectivity index (χ1) is 7.74. The summed E-state index contributed by atoms with van der Waals surface area (Å²) in [4.78, 5) is 14.5. The minimum absolute atomic E-state index is 0.207. The summed E-state index contributed by atoms with van der Waals surface area (Å²) >= 11 is 0. The predicted octanol–water partition coefficient (Wildman–Crippen LogP) is -0.213. The lowest BCUT2D eigenvalue weighted by Gasteiger charge is -2.01. The fourth-order valence-electron chi connectivity index (χ4n) is 0.860. The van der Waals surface area contributed by atoms with Crippen LogP contribution in [0.5, 0.6) is 0 Å². The number of amides is 1. The molecule has 0 aliphatic heterocycles. The van der Waals surface area contributed by atoms with E-state index in [1.165, 1.54) is 13.2 Å². The maximum atomic E-state index is 11.3. The van der Waals surface area contributed by atoms with Crippen molar-refractivity contribution in [1.82, 2.24) is 5.32 Å². The van der Waals surface area contributed by atoms with Gasteiger partial charge in [0, 0.05) is 5.56 Å². The summed E-state index contributed by atoms with van der Waals surface area (Å²) in [6.07, 6.45) is 1.47. The van der Waals surface area contributed by atoms with Crippen LogP contribution in [-0.2, 0) is 0 Å². The first-order valence-corrected chi connectivity index (χ1v) is 4.40. The normalized spacial score (nSPS) is 9.44. The van der Waals surface area contributed by atoms with Gasteiger partial charge in [0.25, 0.3) is 5.91 Å². The number of nitriles is 1. The molecule has 0 aliphatic rings. The fourth-order valence-corrected chi connectivity index (χ4v) is 0.860. The highest BCUT2D eigenvalue weighted by Gasteiger charge is 2.04. The zero-order valence-corrected chi connectivity index (χ0v) is 8.84. The molecule has 1 aromatic rings. The van der Waals surface area contributed by atoms with Crippen molar-refractivity contribution in [3.05, 3.63) is 35.9 Å². The van der Waals surface area contributed by atoms with Gasteiger partial charge in [0.1, 0.15) is 0 Å². The van der Waals surface area contributed by atoms with Crippen molar-refractivity contribution in [2.45, 2.75) is 0 Å². The highest BCUT2D eigenvalue weighted by Crippen LogP contribution is 1.96. The third kappa shape index (κ3) is 4.74. The van der Waals surface area contributed by atoms with Gasteiger partial charge in [-0.1, -0.05) is 18.2 Å². The van der Waals surface area contributed by atoms with E-state index in [1.54, 1.807) is 30.3 Å². The Bertz CT molecular complexity index is 393. The molecule has 16 heavy (non-hydrogen) atoms. The number of guanidine groups is 1. The van der Waals surface area contributed by atoms with Gasteiger partial charge in [0.15, 0.2) is 0 Å². The van der Waals surface area contributed by atoms with E-state index in [1.807, 2.05) is 0 Å².